The van der Waals surface area contributed by atoms with E-state index in [0.29, 0.717) is 13.1 Å². The summed E-state index contributed by atoms with van der Waals surface area (Å²) in [5.41, 5.74) is 0. The SMILES string of the molecule is CCCCN1CCN(S(=O)(=O)c2cccc(Cl)c2Cl)CC1. The van der Waals surface area contributed by atoms with Gasteiger partial charge < -0.3 is 4.90 Å². The molecule has 0 spiro atoms. The van der Waals surface area contributed by atoms with E-state index in [9.17, 15) is 8.42 Å². The minimum atomic E-state index is -3.57. The van der Waals surface area contributed by atoms with E-state index in [0.717, 1.165) is 32.5 Å². The van der Waals surface area contributed by atoms with Crippen LogP contribution in [0.1, 0.15) is 19.8 Å². The summed E-state index contributed by atoms with van der Waals surface area (Å²) in [7, 11) is -3.57. The molecule has 0 radical (unpaired) electrons. The van der Waals surface area contributed by atoms with E-state index in [1.54, 1.807) is 12.1 Å². The summed E-state index contributed by atoms with van der Waals surface area (Å²) < 4.78 is 26.8. The number of sulfonamides is 1. The monoisotopic (exact) mass is 350 g/mol. The largest absolute Gasteiger partial charge is 0.301 e. The molecule has 1 aromatic rings. The highest BCUT2D eigenvalue weighted by Gasteiger charge is 2.30. The van der Waals surface area contributed by atoms with Crippen LogP contribution in [0.4, 0.5) is 0 Å². The lowest BCUT2D eigenvalue weighted by atomic mass is 10.3. The van der Waals surface area contributed by atoms with Crippen molar-refractivity contribution in [3.8, 4) is 0 Å². The summed E-state index contributed by atoms with van der Waals surface area (Å²) in [6.45, 7) is 5.70. The van der Waals surface area contributed by atoms with Gasteiger partial charge in [0.2, 0.25) is 10.0 Å². The summed E-state index contributed by atoms with van der Waals surface area (Å²) in [6.07, 6.45) is 2.30. The van der Waals surface area contributed by atoms with E-state index in [2.05, 4.69) is 11.8 Å². The third kappa shape index (κ3) is 3.90. The Balaban J connectivity index is 2.10. The molecule has 1 aromatic carbocycles. The minimum absolute atomic E-state index is 0.0960. The van der Waals surface area contributed by atoms with Crippen LogP contribution in [0.5, 0.6) is 0 Å². The number of piperazine rings is 1. The molecule has 0 N–H and O–H groups in total. The number of unbranched alkanes of at least 4 members (excludes halogenated alkanes) is 1. The third-order valence-electron chi connectivity index (χ3n) is 3.69. The Morgan fingerprint density at radius 3 is 2.43 bits per heavy atom. The highest BCUT2D eigenvalue weighted by molar-refractivity contribution is 7.89. The molecule has 2 rings (SSSR count). The number of halogens is 2. The molecular weight excluding hydrogens is 331 g/mol. The second kappa shape index (κ2) is 7.29. The van der Waals surface area contributed by atoms with Crippen molar-refractivity contribution in [3.05, 3.63) is 28.2 Å². The van der Waals surface area contributed by atoms with Crippen LogP contribution in [-0.4, -0.2) is 50.3 Å². The molecular formula is C14H20Cl2N2O2S. The quantitative estimate of drug-likeness (QED) is 0.819. The summed E-state index contributed by atoms with van der Waals surface area (Å²) in [6, 6.07) is 4.71. The average molecular weight is 351 g/mol. The topological polar surface area (TPSA) is 40.6 Å². The Kier molecular flexibility index (Phi) is 5.91. The van der Waals surface area contributed by atoms with Crippen LogP contribution in [0.15, 0.2) is 23.1 Å². The summed E-state index contributed by atoms with van der Waals surface area (Å²) in [5.74, 6) is 0. The number of rotatable bonds is 5. The van der Waals surface area contributed by atoms with Crippen LogP contribution < -0.4 is 0 Å². The second-order valence-corrected chi connectivity index (χ2v) is 7.84. The van der Waals surface area contributed by atoms with E-state index in [1.165, 1.54) is 10.4 Å². The normalized spacial score (nSPS) is 18.0. The van der Waals surface area contributed by atoms with Gasteiger partial charge in [-0.3, -0.25) is 0 Å². The maximum absolute atomic E-state index is 12.6. The number of hydrogen-bond acceptors (Lipinski definition) is 3. The van der Waals surface area contributed by atoms with Gasteiger partial charge in [-0.15, -0.1) is 0 Å². The van der Waals surface area contributed by atoms with Gasteiger partial charge >= 0.3 is 0 Å². The van der Waals surface area contributed by atoms with Crippen molar-refractivity contribution < 1.29 is 8.42 Å². The van der Waals surface area contributed by atoms with E-state index in [1.807, 2.05) is 0 Å². The molecule has 1 aliphatic rings. The van der Waals surface area contributed by atoms with Crippen molar-refractivity contribution in [2.24, 2.45) is 0 Å². The van der Waals surface area contributed by atoms with Gasteiger partial charge in [-0.1, -0.05) is 42.6 Å². The van der Waals surface area contributed by atoms with Gasteiger partial charge in [0.1, 0.15) is 4.90 Å². The molecule has 1 aliphatic heterocycles. The Hall–Kier alpha value is -0.330. The molecule has 118 valence electrons. The fourth-order valence-electron chi connectivity index (χ4n) is 2.40. The molecule has 0 saturated carbocycles. The first-order valence-electron chi connectivity index (χ1n) is 7.13. The Morgan fingerprint density at radius 2 is 1.81 bits per heavy atom. The van der Waals surface area contributed by atoms with Gasteiger partial charge in [-0.25, -0.2) is 8.42 Å². The van der Waals surface area contributed by atoms with Crippen LogP contribution in [0, 0.1) is 0 Å². The fourth-order valence-corrected chi connectivity index (χ4v) is 4.56. The Bertz CT molecular complexity index is 585. The lowest BCUT2D eigenvalue weighted by Gasteiger charge is -2.34. The standard InChI is InChI=1S/C14H20Cl2N2O2S/c1-2-3-7-17-8-10-18(11-9-17)21(19,20)13-6-4-5-12(15)14(13)16/h4-6H,2-3,7-11H2,1H3. The zero-order chi connectivity index (χ0) is 15.5. The second-order valence-electron chi connectivity index (χ2n) is 5.15. The van der Waals surface area contributed by atoms with Gasteiger partial charge in [0.15, 0.2) is 0 Å². The third-order valence-corrected chi connectivity index (χ3v) is 6.57. The Morgan fingerprint density at radius 1 is 1.14 bits per heavy atom. The maximum Gasteiger partial charge on any atom is 0.244 e. The van der Waals surface area contributed by atoms with Crippen LogP contribution in [0.2, 0.25) is 10.0 Å². The molecule has 7 heteroatoms. The first-order chi connectivity index (χ1) is 9.96. The molecule has 1 heterocycles. The first-order valence-corrected chi connectivity index (χ1v) is 9.33. The molecule has 4 nitrogen and oxygen atoms in total. The summed E-state index contributed by atoms with van der Waals surface area (Å²) in [5, 5.41) is 0.368. The van der Waals surface area contributed by atoms with Crippen LogP contribution >= 0.6 is 23.2 Å². The predicted octanol–water partition coefficient (Wildman–Crippen LogP) is 3.10. The van der Waals surface area contributed by atoms with Crippen molar-refractivity contribution in [2.75, 3.05) is 32.7 Å². The highest BCUT2D eigenvalue weighted by Crippen LogP contribution is 2.31. The molecule has 0 amide bonds. The predicted molar refractivity (Wildman–Crippen MR) is 86.6 cm³/mol. The van der Waals surface area contributed by atoms with Crippen molar-refractivity contribution in [1.29, 1.82) is 0 Å². The lowest BCUT2D eigenvalue weighted by molar-refractivity contribution is 0.186. The van der Waals surface area contributed by atoms with E-state index in [4.69, 9.17) is 23.2 Å². The van der Waals surface area contributed by atoms with E-state index in [-0.39, 0.29) is 14.9 Å². The highest BCUT2D eigenvalue weighted by atomic mass is 35.5. The van der Waals surface area contributed by atoms with E-state index < -0.39 is 10.0 Å². The fraction of sp³-hybridized carbons (Fsp3) is 0.571. The smallest absolute Gasteiger partial charge is 0.244 e. The van der Waals surface area contributed by atoms with Crippen LogP contribution in [0.3, 0.4) is 0 Å². The number of benzene rings is 1. The van der Waals surface area contributed by atoms with Crippen molar-refractivity contribution in [2.45, 2.75) is 24.7 Å². The maximum atomic E-state index is 12.6. The van der Waals surface area contributed by atoms with Crippen molar-refractivity contribution >= 4 is 33.2 Å². The zero-order valence-electron chi connectivity index (χ0n) is 12.1. The lowest BCUT2D eigenvalue weighted by Crippen LogP contribution is -2.48. The summed E-state index contributed by atoms with van der Waals surface area (Å²) in [4.78, 5) is 2.40. The van der Waals surface area contributed by atoms with E-state index >= 15 is 0 Å². The molecule has 0 aliphatic carbocycles. The van der Waals surface area contributed by atoms with Crippen molar-refractivity contribution in [3.63, 3.8) is 0 Å². The molecule has 1 saturated heterocycles. The van der Waals surface area contributed by atoms with Gasteiger partial charge in [0.25, 0.3) is 0 Å². The number of nitrogens with zero attached hydrogens (tertiary/aromatic N) is 2. The first kappa shape index (κ1) is 17.0. The van der Waals surface area contributed by atoms with Crippen LogP contribution in [-0.2, 0) is 10.0 Å². The van der Waals surface area contributed by atoms with Gasteiger partial charge in [0.05, 0.1) is 10.0 Å². The molecule has 0 unspecified atom stereocenters. The minimum Gasteiger partial charge on any atom is -0.301 e. The molecule has 21 heavy (non-hydrogen) atoms. The van der Waals surface area contributed by atoms with Gasteiger partial charge in [0, 0.05) is 26.2 Å². The van der Waals surface area contributed by atoms with Gasteiger partial charge in [-0.2, -0.15) is 4.31 Å². The van der Waals surface area contributed by atoms with Gasteiger partial charge in [-0.05, 0) is 25.1 Å². The Labute approximate surface area is 136 Å². The number of hydrogen-bond donors (Lipinski definition) is 0. The summed E-state index contributed by atoms with van der Waals surface area (Å²) >= 11 is 12.0. The molecule has 0 bridgehead atoms. The molecule has 0 aromatic heterocycles. The van der Waals surface area contributed by atoms with Crippen molar-refractivity contribution in [1.82, 2.24) is 9.21 Å². The molecule has 0 atom stereocenters. The average Bonchev–Trinajstić information content (AvgIpc) is 2.48. The molecule has 1 fully saturated rings. The van der Waals surface area contributed by atoms with Crippen LogP contribution in [0.25, 0.3) is 0 Å². The zero-order valence-corrected chi connectivity index (χ0v) is 14.4.